The van der Waals surface area contributed by atoms with Gasteiger partial charge in [-0.05, 0) is 25.7 Å². The van der Waals surface area contributed by atoms with Crippen LogP contribution in [0.1, 0.15) is 49.2 Å². The van der Waals surface area contributed by atoms with Crippen LogP contribution in [-0.2, 0) is 17.6 Å². The van der Waals surface area contributed by atoms with Crippen molar-refractivity contribution in [1.29, 1.82) is 0 Å². The number of anilines is 1. The molecule has 0 radical (unpaired) electrons. The molecule has 1 amide bonds. The zero-order valence-electron chi connectivity index (χ0n) is 11.2. The standard InChI is InChI=1S/C13H17N3O3/c1-8(17)14-12-10-6-4-3-5-7-11(10)15-16(9(2)18)13(12)19/h3-7H2,1-2H3,(H,14,17). The van der Waals surface area contributed by atoms with Crippen LogP contribution in [0.3, 0.4) is 0 Å². The Hall–Kier alpha value is -1.98. The summed E-state index contributed by atoms with van der Waals surface area (Å²) >= 11 is 0. The molecule has 6 nitrogen and oxygen atoms in total. The van der Waals surface area contributed by atoms with Gasteiger partial charge in [0, 0.05) is 19.4 Å². The molecule has 1 aromatic rings. The number of carbonyl (C=O) groups excluding carboxylic acids is 2. The van der Waals surface area contributed by atoms with Gasteiger partial charge < -0.3 is 5.32 Å². The van der Waals surface area contributed by atoms with E-state index in [0.717, 1.165) is 41.6 Å². The molecular formula is C13H17N3O3. The van der Waals surface area contributed by atoms with Crippen molar-refractivity contribution in [3.63, 3.8) is 0 Å². The second-order valence-corrected chi connectivity index (χ2v) is 4.78. The molecule has 0 spiro atoms. The van der Waals surface area contributed by atoms with E-state index in [4.69, 9.17) is 0 Å². The Morgan fingerprint density at radius 2 is 1.84 bits per heavy atom. The monoisotopic (exact) mass is 263 g/mol. The van der Waals surface area contributed by atoms with Gasteiger partial charge in [0.25, 0.3) is 5.56 Å². The molecule has 1 aliphatic rings. The molecule has 0 aliphatic heterocycles. The first-order chi connectivity index (χ1) is 9.00. The molecule has 0 bridgehead atoms. The fraction of sp³-hybridized carbons (Fsp3) is 0.538. The Labute approximate surface area is 110 Å². The van der Waals surface area contributed by atoms with E-state index in [1.165, 1.54) is 13.8 Å². The highest BCUT2D eigenvalue weighted by molar-refractivity contribution is 5.90. The fourth-order valence-electron chi connectivity index (χ4n) is 2.37. The third-order valence-corrected chi connectivity index (χ3v) is 3.22. The lowest BCUT2D eigenvalue weighted by molar-refractivity contribution is -0.114. The van der Waals surface area contributed by atoms with E-state index in [1.54, 1.807) is 0 Å². The number of rotatable bonds is 1. The number of carbonyl (C=O) groups is 2. The predicted octanol–water partition coefficient (Wildman–Crippen LogP) is 1.13. The van der Waals surface area contributed by atoms with Crippen LogP contribution in [0.2, 0.25) is 0 Å². The number of aryl methyl sites for hydroxylation is 1. The molecule has 6 heteroatoms. The van der Waals surface area contributed by atoms with E-state index >= 15 is 0 Å². The van der Waals surface area contributed by atoms with Gasteiger partial charge in [0.05, 0.1) is 5.69 Å². The highest BCUT2D eigenvalue weighted by Crippen LogP contribution is 2.23. The Bertz CT molecular complexity index is 590. The summed E-state index contributed by atoms with van der Waals surface area (Å²) < 4.78 is 0.843. The van der Waals surface area contributed by atoms with Crippen molar-refractivity contribution in [3.8, 4) is 0 Å². The molecule has 0 saturated heterocycles. The van der Waals surface area contributed by atoms with Crippen LogP contribution in [0.25, 0.3) is 0 Å². The van der Waals surface area contributed by atoms with Crippen LogP contribution in [0.15, 0.2) is 4.79 Å². The molecule has 1 aromatic heterocycles. The van der Waals surface area contributed by atoms with Crippen molar-refractivity contribution in [1.82, 2.24) is 9.78 Å². The maximum atomic E-state index is 12.2. The minimum absolute atomic E-state index is 0.217. The number of nitrogens with one attached hydrogen (secondary N) is 1. The highest BCUT2D eigenvalue weighted by atomic mass is 16.2. The van der Waals surface area contributed by atoms with Crippen LogP contribution in [0.5, 0.6) is 0 Å². The molecule has 0 fully saturated rings. The van der Waals surface area contributed by atoms with Crippen molar-refractivity contribution < 1.29 is 9.59 Å². The minimum atomic E-state index is -0.539. The molecule has 2 rings (SSSR count). The van der Waals surface area contributed by atoms with E-state index in [9.17, 15) is 14.4 Å². The van der Waals surface area contributed by atoms with E-state index in [1.807, 2.05) is 0 Å². The van der Waals surface area contributed by atoms with Crippen LogP contribution in [-0.4, -0.2) is 21.6 Å². The summed E-state index contributed by atoms with van der Waals surface area (Å²) in [6, 6.07) is 0. The Morgan fingerprint density at radius 1 is 1.16 bits per heavy atom. The molecule has 19 heavy (non-hydrogen) atoms. The number of hydrogen-bond acceptors (Lipinski definition) is 4. The molecule has 0 aromatic carbocycles. The van der Waals surface area contributed by atoms with Gasteiger partial charge in [-0.15, -0.1) is 0 Å². The Morgan fingerprint density at radius 3 is 2.47 bits per heavy atom. The van der Waals surface area contributed by atoms with Crippen LogP contribution in [0.4, 0.5) is 5.69 Å². The van der Waals surface area contributed by atoms with Crippen LogP contribution in [0, 0.1) is 0 Å². The quantitative estimate of drug-likeness (QED) is 0.770. The Kier molecular flexibility index (Phi) is 3.78. The molecule has 0 unspecified atom stereocenters. The average molecular weight is 263 g/mol. The largest absolute Gasteiger partial charge is 0.321 e. The topological polar surface area (TPSA) is 81.1 Å². The molecule has 1 heterocycles. The van der Waals surface area contributed by atoms with Gasteiger partial charge >= 0.3 is 0 Å². The number of hydrogen-bond donors (Lipinski definition) is 1. The second kappa shape index (κ2) is 5.34. The molecule has 102 valence electrons. The number of amides is 1. The van der Waals surface area contributed by atoms with E-state index in [-0.39, 0.29) is 11.6 Å². The molecule has 0 atom stereocenters. The normalized spacial score (nSPS) is 14.4. The lowest BCUT2D eigenvalue weighted by Gasteiger charge is -2.13. The maximum Gasteiger partial charge on any atom is 0.298 e. The van der Waals surface area contributed by atoms with Gasteiger partial charge in [-0.3, -0.25) is 14.4 Å². The summed E-state index contributed by atoms with van der Waals surface area (Å²) in [6.07, 6.45) is 4.45. The number of nitrogens with zero attached hydrogens (tertiary/aromatic N) is 2. The van der Waals surface area contributed by atoms with Gasteiger partial charge in [-0.25, -0.2) is 0 Å². The maximum absolute atomic E-state index is 12.2. The van der Waals surface area contributed by atoms with Crippen molar-refractivity contribution in [3.05, 3.63) is 21.6 Å². The molecular weight excluding hydrogens is 246 g/mol. The third kappa shape index (κ3) is 2.72. The number of fused-ring (bicyclic) bond motifs is 1. The predicted molar refractivity (Wildman–Crippen MR) is 70.4 cm³/mol. The van der Waals surface area contributed by atoms with Gasteiger partial charge in [-0.1, -0.05) is 6.42 Å². The number of aromatic nitrogens is 2. The zero-order valence-corrected chi connectivity index (χ0v) is 11.2. The SMILES string of the molecule is CC(=O)Nc1c2c(nn(C(C)=O)c1=O)CCCCC2. The van der Waals surface area contributed by atoms with Gasteiger partial charge in [0.2, 0.25) is 11.8 Å². The van der Waals surface area contributed by atoms with Crippen LogP contribution < -0.4 is 10.9 Å². The van der Waals surface area contributed by atoms with Gasteiger partial charge in [0.15, 0.2) is 0 Å². The summed E-state index contributed by atoms with van der Waals surface area (Å²) in [5.41, 5.74) is 1.21. The van der Waals surface area contributed by atoms with Gasteiger partial charge in [0.1, 0.15) is 5.69 Å². The molecule has 0 saturated carbocycles. The van der Waals surface area contributed by atoms with E-state index < -0.39 is 11.5 Å². The molecule has 1 aliphatic carbocycles. The van der Waals surface area contributed by atoms with E-state index in [2.05, 4.69) is 10.4 Å². The van der Waals surface area contributed by atoms with Gasteiger partial charge in [-0.2, -0.15) is 9.78 Å². The second-order valence-electron chi connectivity index (χ2n) is 4.78. The summed E-state index contributed by atoms with van der Waals surface area (Å²) in [5.74, 6) is -0.756. The average Bonchev–Trinajstić information content (AvgIpc) is 2.56. The lowest BCUT2D eigenvalue weighted by Crippen LogP contribution is -2.33. The van der Waals surface area contributed by atoms with Crippen molar-refractivity contribution in [2.45, 2.75) is 46.0 Å². The Balaban J connectivity index is 2.66. The highest BCUT2D eigenvalue weighted by Gasteiger charge is 2.21. The fourth-order valence-corrected chi connectivity index (χ4v) is 2.37. The summed E-state index contributed by atoms with van der Waals surface area (Å²) in [4.78, 5) is 34.9. The smallest absolute Gasteiger partial charge is 0.298 e. The molecule has 1 N–H and O–H groups in total. The first kappa shape index (κ1) is 13.5. The summed E-state index contributed by atoms with van der Waals surface area (Å²) in [7, 11) is 0. The van der Waals surface area contributed by atoms with Crippen molar-refractivity contribution >= 4 is 17.5 Å². The van der Waals surface area contributed by atoms with Crippen LogP contribution >= 0.6 is 0 Å². The summed E-state index contributed by atoms with van der Waals surface area (Å²) in [6.45, 7) is 2.64. The zero-order chi connectivity index (χ0) is 14.0. The third-order valence-electron chi connectivity index (χ3n) is 3.22. The van der Waals surface area contributed by atoms with Crippen molar-refractivity contribution in [2.75, 3.05) is 5.32 Å². The van der Waals surface area contributed by atoms with Crippen molar-refractivity contribution in [2.24, 2.45) is 0 Å². The van der Waals surface area contributed by atoms with E-state index in [0.29, 0.717) is 6.42 Å². The minimum Gasteiger partial charge on any atom is -0.321 e. The summed E-state index contributed by atoms with van der Waals surface area (Å²) in [5, 5.41) is 6.70. The first-order valence-corrected chi connectivity index (χ1v) is 6.44. The lowest BCUT2D eigenvalue weighted by atomic mass is 10.1. The first-order valence-electron chi connectivity index (χ1n) is 6.44.